The van der Waals surface area contributed by atoms with E-state index >= 15 is 0 Å². The predicted octanol–water partition coefficient (Wildman–Crippen LogP) is 4.16. The molecule has 1 aromatic rings. The first-order chi connectivity index (χ1) is 9.44. The first-order valence-electron chi connectivity index (χ1n) is 7.39. The minimum atomic E-state index is -0.280. The Balaban J connectivity index is 2.15. The molecule has 1 saturated carbocycles. The number of ether oxygens (including phenoxy) is 1. The van der Waals surface area contributed by atoms with E-state index in [9.17, 15) is 4.79 Å². The molecule has 0 amide bonds. The highest BCUT2D eigenvalue weighted by Gasteiger charge is 2.32. The summed E-state index contributed by atoms with van der Waals surface area (Å²) in [6, 6.07) is 6.21. The number of carbonyl (C=O) groups excluding carboxylic acids is 1. The minimum Gasteiger partial charge on any atom is -0.465 e. The first kappa shape index (κ1) is 14.9. The molecule has 0 spiro atoms. The van der Waals surface area contributed by atoms with Crippen molar-refractivity contribution in [1.82, 2.24) is 0 Å². The van der Waals surface area contributed by atoms with E-state index in [1.807, 2.05) is 25.1 Å². The number of carbonyl (C=O) groups is 1. The molecule has 0 saturated heterocycles. The Morgan fingerprint density at radius 3 is 2.70 bits per heavy atom. The van der Waals surface area contributed by atoms with Crippen molar-refractivity contribution in [2.45, 2.75) is 52.5 Å². The van der Waals surface area contributed by atoms with Crippen LogP contribution in [0, 0.1) is 12.3 Å². The van der Waals surface area contributed by atoms with Crippen molar-refractivity contribution in [1.29, 1.82) is 0 Å². The lowest BCUT2D eigenvalue weighted by Gasteiger charge is -2.40. The highest BCUT2D eigenvalue weighted by atomic mass is 16.5. The Labute approximate surface area is 121 Å². The molecule has 20 heavy (non-hydrogen) atoms. The van der Waals surface area contributed by atoms with Gasteiger partial charge in [-0.25, -0.2) is 4.79 Å². The summed E-state index contributed by atoms with van der Waals surface area (Å²) in [6.45, 7) is 6.70. The number of rotatable bonds is 3. The zero-order valence-corrected chi connectivity index (χ0v) is 13.0. The van der Waals surface area contributed by atoms with Gasteiger partial charge in [-0.3, -0.25) is 0 Å². The van der Waals surface area contributed by atoms with Crippen LogP contribution in [0.25, 0.3) is 0 Å². The maximum Gasteiger partial charge on any atom is 0.337 e. The fraction of sp³-hybridized carbons (Fsp3) is 0.588. The van der Waals surface area contributed by atoms with Crippen LogP contribution in [0.5, 0.6) is 0 Å². The molecule has 1 N–H and O–H groups in total. The van der Waals surface area contributed by atoms with Crippen molar-refractivity contribution in [3.8, 4) is 0 Å². The van der Waals surface area contributed by atoms with E-state index < -0.39 is 0 Å². The van der Waals surface area contributed by atoms with E-state index in [-0.39, 0.29) is 5.97 Å². The molecule has 2 rings (SSSR count). The lowest BCUT2D eigenvalue weighted by Crippen LogP contribution is -2.39. The highest BCUT2D eigenvalue weighted by molar-refractivity contribution is 5.90. The van der Waals surface area contributed by atoms with Gasteiger partial charge >= 0.3 is 5.97 Å². The topological polar surface area (TPSA) is 38.3 Å². The highest BCUT2D eigenvalue weighted by Crippen LogP contribution is 2.37. The summed E-state index contributed by atoms with van der Waals surface area (Å²) >= 11 is 0. The number of anilines is 1. The third-order valence-corrected chi connectivity index (χ3v) is 4.48. The molecular weight excluding hydrogens is 250 g/mol. The third kappa shape index (κ3) is 3.14. The molecule has 0 aromatic heterocycles. The van der Waals surface area contributed by atoms with Crippen molar-refractivity contribution in [3.05, 3.63) is 29.3 Å². The SMILES string of the molecule is COC(=O)c1ccc(NC2CCCCC2(C)C)c(C)c1. The number of esters is 1. The molecule has 0 radical (unpaired) electrons. The molecule has 0 aliphatic heterocycles. The smallest absolute Gasteiger partial charge is 0.337 e. The number of hydrogen-bond donors (Lipinski definition) is 1. The van der Waals surface area contributed by atoms with Crippen molar-refractivity contribution >= 4 is 11.7 Å². The van der Waals surface area contributed by atoms with Crippen LogP contribution in [0.15, 0.2) is 18.2 Å². The van der Waals surface area contributed by atoms with Crippen molar-refractivity contribution in [2.24, 2.45) is 5.41 Å². The van der Waals surface area contributed by atoms with Gasteiger partial charge in [-0.1, -0.05) is 26.7 Å². The zero-order valence-electron chi connectivity index (χ0n) is 13.0. The summed E-state index contributed by atoms with van der Waals surface area (Å²) in [5.41, 5.74) is 3.15. The van der Waals surface area contributed by atoms with Gasteiger partial charge in [0.2, 0.25) is 0 Å². The predicted molar refractivity (Wildman–Crippen MR) is 82.2 cm³/mol. The van der Waals surface area contributed by atoms with Crippen LogP contribution < -0.4 is 5.32 Å². The molecule has 1 aliphatic carbocycles. The van der Waals surface area contributed by atoms with E-state index in [0.29, 0.717) is 17.0 Å². The normalized spacial score (nSPS) is 21.3. The van der Waals surface area contributed by atoms with Crippen molar-refractivity contribution in [3.63, 3.8) is 0 Å². The van der Waals surface area contributed by atoms with Crippen LogP contribution in [0.3, 0.4) is 0 Å². The average Bonchev–Trinajstić information content (AvgIpc) is 2.42. The van der Waals surface area contributed by atoms with Gasteiger partial charge in [0.15, 0.2) is 0 Å². The number of hydrogen-bond acceptors (Lipinski definition) is 3. The molecule has 1 aliphatic rings. The summed E-state index contributed by atoms with van der Waals surface area (Å²) in [5.74, 6) is -0.280. The van der Waals surface area contributed by atoms with E-state index in [0.717, 1.165) is 11.3 Å². The summed E-state index contributed by atoms with van der Waals surface area (Å²) < 4.78 is 4.75. The second-order valence-corrected chi connectivity index (χ2v) is 6.45. The second kappa shape index (κ2) is 5.86. The monoisotopic (exact) mass is 275 g/mol. The quantitative estimate of drug-likeness (QED) is 0.842. The lowest BCUT2D eigenvalue weighted by atomic mass is 9.73. The first-order valence-corrected chi connectivity index (χ1v) is 7.39. The van der Waals surface area contributed by atoms with E-state index in [1.54, 1.807) is 0 Å². The lowest BCUT2D eigenvalue weighted by molar-refractivity contribution is 0.0600. The molecule has 1 fully saturated rings. The third-order valence-electron chi connectivity index (χ3n) is 4.48. The van der Waals surface area contributed by atoms with Crippen LogP contribution in [0.2, 0.25) is 0 Å². The maximum atomic E-state index is 11.5. The minimum absolute atomic E-state index is 0.280. The van der Waals surface area contributed by atoms with Crippen molar-refractivity contribution < 1.29 is 9.53 Å². The number of nitrogens with one attached hydrogen (secondary N) is 1. The maximum absolute atomic E-state index is 11.5. The number of benzene rings is 1. The van der Waals surface area contributed by atoms with Crippen LogP contribution >= 0.6 is 0 Å². The molecule has 1 unspecified atom stereocenters. The Bertz CT molecular complexity index is 494. The van der Waals surface area contributed by atoms with Crippen LogP contribution in [0.4, 0.5) is 5.69 Å². The fourth-order valence-corrected chi connectivity index (χ4v) is 3.02. The number of methoxy groups -OCH3 is 1. The largest absolute Gasteiger partial charge is 0.465 e. The summed E-state index contributed by atoms with van der Waals surface area (Å²) in [4.78, 5) is 11.5. The van der Waals surface area contributed by atoms with Crippen LogP contribution in [-0.2, 0) is 4.74 Å². The van der Waals surface area contributed by atoms with E-state index in [1.165, 1.54) is 32.8 Å². The van der Waals surface area contributed by atoms with Gasteiger partial charge in [-0.05, 0) is 48.9 Å². The fourth-order valence-electron chi connectivity index (χ4n) is 3.02. The standard InChI is InChI=1S/C17H25NO2/c1-12-11-13(16(19)20-4)8-9-14(12)18-15-7-5-6-10-17(15,2)3/h8-9,11,15,18H,5-7,10H2,1-4H3. The van der Waals surface area contributed by atoms with Gasteiger partial charge in [0.25, 0.3) is 0 Å². The Morgan fingerprint density at radius 1 is 1.35 bits per heavy atom. The Kier molecular flexibility index (Phi) is 4.36. The molecule has 1 atom stereocenters. The van der Waals surface area contributed by atoms with Gasteiger partial charge in [0.1, 0.15) is 0 Å². The molecule has 0 bridgehead atoms. The molecule has 3 heteroatoms. The molecular formula is C17H25NO2. The van der Waals surface area contributed by atoms with E-state index in [4.69, 9.17) is 4.74 Å². The van der Waals surface area contributed by atoms with Gasteiger partial charge in [0, 0.05) is 11.7 Å². The Morgan fingerprint density at radius 2 is 2.10 bits per heavy atom. The van der Waals surface area contributed by atoms with Crippen molar-refractivity contribution in [2.75, 3.05) is 12.4 Å². The molecule has 1 aromatic carbocycles. The van der Waals surface area contributed by atoms with Crippen LogP contribution in [-0.4, -0.2) is 19.1 Å². The van der Waals surface area contributed by atoms with E-state index in [2.05, 4.69) is 19.2 Å². The van der Waals surface area contributed by atoms with Gasteiger partial charge in [-0.2, -0.15) is 0 Å². The summed E-state index contributed by atoms with van der Waals surface area (Å²) in [6.07, 6.45) is 5.10. The summed E-state index contributed by atoms with van der Waals surface area (Å²) in [5, 5.41) is 3.67. The van der Waals surface area contributed by atoms with Gasteiger partial charge in [-0.15, -0.1) is 0 Å². The van der Waals surface area contributed by atoms with Gasteiger partial charge < -0.3 is 10.1 Å². The number of aryl methyl sites for hydroxylation is 1. The zero-order chi connectivity index (χ0) is 14.8. The second-order valence-electron chi connectivity index (χ2n) is 6.45. The van der Waals surface area contributed by atoms with Crippen LogP contribution in [0.1, 0.15) is 55.5 Å². The Hall–Kier alpha value is -1.51. The summed E-state index contributed by atoms with van der Waals surface area (Å²) in [7, 11) is 1.41. The van der Waals surface area contributed by atoms with Gasteiger partial charge in [0.05, 0.1) is 12.7 Å². The molecule has 110 valence electrons. The molecule has 0 heterocycles. The average molecular weight is 275 g/mol. The molecule has 3 nitrogen and oxygen atoms in total.